The van der Waals surface area contributed by atoms with E-state index in [-0.39, 0.29) is 17.0 Å². The van der Waals surface area contributed by atoms with E-state index in [2.05, 4.69) is 5.32 Å². The maximum absolute atomic E-state index is 13.2. The third-order valence-corrected chi connectivity index (χ3v) is 5.20. The molecule has 0 radical (unpaired) electrons. The normalized spacial score (nSPS) is 13.7. The number of carbonyl (C=O) groups excluding carboxylic acids is 1. The van der Waals surface area contributed by atoms with Crippen LogP contribution < -0.4 is 20.3 Å². The molecule has 1 aliphatic heterocycles. The molecule has 0 spiro atoms. The molecule has 0 bridgehead atoms. The van der Waals surface area contributed by atoms with Gasteiger partial charge in [0.05, 0.1) is 19.2 Å². The van der Waals surface area contributed by atoms with Crippen LogP contribution in [0.1, 0.15) is 35.2 Å². The van der Waals surface area contributed by atoms with Crippen molar-refractivity contribution < 1.29 is 14.3 Å². The first-order valence-electron chi connectivity index (χ1n) is 9.88. The first-order chi connectivity index (χ1) is 14.2. The molecule has 29 heavy (non-hydrogen) atoms. The van der Waals surface area contributed by atoms with Crippen LogP contribution in [0.25, 0.3) is 10.9 Å². The summed E-state index contributed by atoms with van der Waals surface area (Å²) in [5.41, 5.74) is 1.51. The highest BCUT2D eigenvalue weighted by atomic mass is 16.5. The lowest BCUT2D eigenvalue weighted by atomic mass is 10.1. The van der Waals surface area contributed by atoms with Gasteiger partial charge in [0, 0.05) is 18.5 Å². The van der Waals surface area contributed by atoms with Crippen molar-refractivity contribution in [3.05, 3.63) is 70.0 Å². The van der Waals surface area contributed by atoms with E-state index in [0.29, 0.717) is 36.7 Å². The second-order valence-corrected chi connectivity index (χ2v) is 7.13. The number of aromatic nitrogens is 1. The fourth-order valence-corrected chi connectivity index (χ4v) is 3.70. The monoisotopic (exact) mass is 392 g/mol. The number of pyridine rings is 1. The molecule has 0 unspecified atom stereocenters. The van der Waals surface area contributed by atoms with Gasteiger partial charge < -0.3 is 19.4 Å². The van der Waals surface area contributed by atoms with E-state index < -0.39 is 0 Å². The number of amides is 1. The van der Waals surface area contributed by atoms with Crippen LogP contribution >= 0.6 is 0 Å². The van der Waals surface area contributed by atoms with Gasteiger partial charge in [0.25, 0.3) is 11.5 Å². The van der Waals surface area contributed by atoms with Gasteiger partial charge in [-0.05, 0) is 43.0 Å². The zero-order chi connectivity index (χ0) is 20.2. The summed E-state index contributed by atoms with van der Waals surface area (Å²) in [6.07, 6.45) is 2.71. The van der Waals surface area contributed by atoms with Crippen LogP contribution in [0.3, 0.4) is 0 Å². The third kappa shape index (κ3) is 3.83. The number of ether oxygens (including phenoxy) is 2. The first kappa shape index (κ1) is 19.1. The Bertz CT molecular complexity index is 1090. The van der Waals surface area contributed by atoms with Crippen molar-refractivity contribution in [3.63, 3.8) is 0 Å². The molecular formula is C23H24N2O4. The number of benzene rings is 2. The standard InChI is InChI=1S/C23H24N2O4/c1-28-19-11-10-17-14-18(22(26)24-15-16-8-4-2-5-9-16)23(27)25-12-6-3-7-13-29-21(19)20(17)25/h2,4-5,8-11,14H,3,6-7,12-13,15H2,1H3,(H,24,26). The molecule has 1 N–H and O–H groups in total. The predicted molar refractivity (Wildman–Crippen MR) is 112 cm³/mol. The zero-order valence-electron chi connectivity index (χ0n) is 16.4. The SMILES string of the molecule is COc1ccc2cc(C(=O)NCc3ccccc3)c(=O)n3c2c1OCCCCC3. The van der Waals surface area contributed by atoms with Gasteiger partial charge in [0.15, 0.2) is 11.5 Å². The Morgan fingerprint density at radius 1 is 1.14 bits per heavy atom. The second-order valence-electron chi connectivity index (χ2n) is 7.13. The van der Waals surface area contributed by atoms with Gasteiger partial charge >= 0.3 is 0 Å². The van der Waals surface area contributed by atoms with Crippen LogP contribution in [0.4, 0.5) is 0 Å². The lowest BCUT2D eigenvalue weighted by molar-refractivity contribution is 0.0949. The van der Waals surface area contributed by atoms with Gasteiger partial charge in [-0.2, -0.15) is 0 Å². The minimum Gasteiger partial charge on any atom is -0.493 e. The Morgan fingerprint density at radius 2 is 1.97 bits per heavy atom. The van der Waals surface area contributed by atoms with Crippen molar-refractivity contribution in [2.45, 2.75) is 32.4 Å². The van der Waals surface area contributed by atoms with Crippen LogP contribution in [0.2, 0.25) is 0 Å². The highest BCUT2D eigenvalue weighted by Crippen LogP contribution is 2.36. The number of aryl methyl sites for hydroxylation is 1. The molecule has 2 aromatic carbocycles. The van der Waals surface area contributed by atoms with Gasteiger partial charge in [0.1, 0.15) is 5.56 Å². The molecule has 0 saturated heterocycles. The largest absolute Gasteiger partial charge is 0.493 e. The molecule has 150 valence electrons. The summed E-state index contributed by atoms with van der Waals surface area (Å²) in [6, 6.07) is 15.0. The number of hydrogen-bond donors (Lipinski definition) is 1. The molecule has 3 aromatic rings. The van der Waals surface area contributed by atoms with Gasteiger partial charge in [0.2, 0.25) is 0 Å². The maximum atomic E-state index is 13.2. The summed E-state index contributed by atoms with van der Waals surface area (Å²) < 4.78 is 13.1. The lowest BCUT2D eigenvalue weighted by Crippen LogP contribution is -2.33. The summed E-state index contributed by atoms with van der Waals surface area (Å²) >= 11 is 0. The zero-order valence-corrected chi connectivity index (χ0v) is 16.4. The Balaban J connectivity index is 1.77. The number of nitrogens with zero attached hydrogens (tertiary/aromatic N) is 1. The Hall–Kier alpha value is -3.28. The predicted octanol–water partition coefficient (Wildman–Crippen LogP) is 3.50. The topological polar surface area (TPSA) is 69.6 Å². The van der Waals surface area contributed by atoms with Crippen LogP contribution in [-0.2, 0) is 13.1 Å². The molecule has 6 heteroatoms. The third-order valence-electron chi connectivity index (χ3n) is 5.20. The summed E-state index contributed by atoms with van der Waals surface area (Å²) in [5, 5.41) is 3.64. The molecule has 1 aromatic heterocycles. The molecule has 0 aliphatic carbocycles. The quantitative estimate of drug-likeness (QED) is 0.738. The Morgan fingerprint density at radius 3 is 2.76 bits per heavy atom. The molecule has 6 nitrogen and oxygen atoms in total. The lowest BCUT2D eigenvalue weighted by Gasteiger charge is -2.17. The molecule has 0 saturated carbocycles. The Labute approximate surface area is 169 Å². The van der Waals surface area contributed by atoms with Crippen molar-refractivity contribution in [3.8, 4) is 11.5 Å². The highest BCUT2D eigenvalue weighted by Gasteiger charge is 2.21. The van der Waals surface area contributed by atoms with Gasteiger partial charge in [-0.25, -0.2) is 0 Å². The van der Waals surface area contributed by atoms with E-state index in [1.165, 1.54) is 0 Å². The van der Waals surface area contributed by atoms with Crippen molar-refractivity contribution in [1.82, 2.24) is 9.88 Å². The average Bonchev–Trinajstić information content (AvgIpc) is 2.86. The number of carbonyl (C=O) groups is 1. The van der Waals surface area contributed by atoms with E-state index in [9.17, 15) is 9.59 Å². The van der Waals surface area contributed by atoms with E-state index in [1.807, 2.05) is 42.5 Å². The van der Waals surface area contributed by atoms with Gasteiger partial charge in [-0.1, -0.05) is 30.3 Å². The molecule has 0 atom stereocenters. The summed E-state index contributed by atoms with van der Waals surface area (Å²) in [4.78, 5) is 26.1. The number of hydrogen-bond acceptors (Lipinski definition) is 4. The molecule has 4 rings (SSSR count). The molecule has 2 heterocycles. The van der Waals surface area contributed by atoms with Crippen LogP contribution in [0.15, 0.2) is 53.3 Å². The van der Waals surface area contributed by atoms with Gasteiger partial charge in [-0.3, -0.25) is 9.59 Å². The molecular weight excluding hydrogens is 368 g/mol. The minimum atomic E-state index is -0.373. The summed E-state index contributed by atoms with van der Waals surface area (Å²) in [5.74, 6) is 0.789. The molecule has 1 amide bonds. The second kappa shape index (κ2) is 8.39. The number of rotatable bonds is 4. The molecule has 0 fully saturated rings. The van der Waals surface area contributed by atoms with Crippen molar-refractivity contribution in [2.24, 2.45) is 0 Å². The smallest absolute Gasteiger partial charge is 0.264 e. The maximum Gasteiger partial charge on any atom is 0.264 e. The van der Waals surface area contributed by atoms with Crippen LogP contribution in [-0.4, -0.2) is 24.2 Å². The highest BCUT2D eigenvalue weighted by molar-refractivity contribution is 5.99. The fourth-order valence-electron chi connectivity index (χ4n) is 3.70. The van der Waals surface area contributed by atoms with Gasteiger partial charge in [-0.15, -0.1) is 0 Å². The number of methoxy groups -OCH3 is 1. The summed E-state index contributed by atoms with van der Waals surface area (Å²) in [6.45, 7) is 1.48. The van der Waals surface area contributed by atoms with Crippen molar-refractivity contribution >= 4 is 16.8 Å². The minimum absolute atomic E-state index is 0.142. The average molecular weight is 392 g/mol. The van der Waals surface area contributed by atoms with E-state index in [4.69, 9.17) is 9.47 Å². The van der Waals surface area contributed by atoms with E-state index >= 15 is 0 Å². The van der Waals surface area contributed by atoms with Crippen molar-refractivity contribution in [2.75, 3.05) is 13.7 Å². The van der Waals surface area contributed by atoms with E-state index in [1.54, 1.807) is 17.7 Å². The molecule has 1 aliphatic rings. The van der Waals surface area contributed by atoms with E-state index in [0.717, 1.165) is 30.2 Å². The van der Waals surface area contributed by atoms with Crippen LogP contribution in [0.5, 0.6) is 11.5 Å². The fraction of sp³-hybridized carbons (Fsp3) is 0.304. The Kier molecular flexibility index (Phi) is 5.51. The summed E-state index contributed by atoms with van der Waals surface area (Å²) in [7, 11) is 1.58. The number of nitrogens with one attached hydrogen (secondary N) is 1. The van der Waals surface area contributed by atoms with Crippen LogP contribution in [0, 0.1) is 0 Å². The van der Waals surface area contributed by atoms with Crippen molar-refractivity contribution in [1.29, 1.82) is 0 Å². The first-order valence-corrected chi connectivity index (χ1v) is 9.88.